The highest BCUT2D eigenvalue weighted by molar-refractivity contribution is 5.98. The van der Waals surface area contributed by atoms with Crippen molar-refractivity contribution in [2.45, 2.75) is 52.1 Å². The fourth-order valence-electron chi connectivity index (χ4n) is 3.36. The largest absolute Gasteiger partial charge is 0.481 e. The van der Waals surface area contributed by atoms with Crippen LogP contribution in [0, 0.1) is 6.92 Å². The summed E-state index contributed by atoms with van der Waals surface area (Å²) in [6, 6.07) is 11.4. The molecule has 7 heteroatoms. The Morgan fingerprint density at radius 2 is 1.93 bits per heavy atom. The van der Waals surface area contributed by atoms with Crippen LogP contribution in [0.5, 0.6) is 0 Å². The molecule has 1 aromatic carbocycles. The third kappa shape index (κ3) is 4.99. The Labute approximate surface area is 169 Å². The zero-order chi connectivity index (χ0) is 21.0. The van der Waals surface area contributed by atoms with E-state index in [2.05, 4.69) is 15.4 Å². The molecule has 7 nitrogen and oxygen atoms in total. The van der Waals surface area contributed by atoms with E-state index in [1.807, 2.05) is 48.9 Å². The minimum Gasteiger partial charge on any atom is -0.481 e. The molecule has 2 N–H and O–H groups in total. The van der Waals surface area contributed by atoms with Gasteiger partial charge in [0.25, 0.3) is 5.91 Å². The van der Waals surface area contributed by atoms with Crippen LogP contribution in [0.1, 0.15) is 54.3 Å². The molecule has 3 aromatic rings. The van der Waals surface area contributed by atoms with Crippen molar-refractivity contribution in [1.29, 1.82) is 0 Å². The summed E-state index contributed by atoms with van der Waals surface area (Å²) in [5.74, 6) is -1.13. The summed E-state index contributed by atoms with van der Waals surface area (Å²) in [4.78, 5) is 28.6. The van der Waals surface area contributed by atoms with Crippen molar-refractivity contribution in [2.24, 2.45) is 0 Å². The first-order valence-corrected chi connectivity index (χ1v) is 9.76. The van der Waals surface area contributed by atoms with Gasteiger partial charge in [0, 0.05) is 23.9 Å². The fourth-order valence-corrected chi connectivity index (χ4v) is 3.36. The zero-order valence-corrected chi connectivity index (χ0v) is 16.9. The van der Waals surface area contributed by atoms with Gasteiger partial charge in [-0.05, 0) is 45.2 Å². The first-order valence-electron chi connectivity index (χ1n) is 9.76. The van der Waals surface area contributed by atoms with Crippen LogP contribution >= 0.6 is 0 Å². The number of aromatic nitrogens is 3. The first-order chi connectivity index (χ1) is 13.8. The Balaban J connectivity index is 1.82. The SMILES string of the molecule is Cc1nc2c(cnn2C(C)C)cc1C(=O)NC(CCC(=O)O)Cc1ccccc1. The standard InChI is InChI=1S/C22H26N4O3/c1-14(2)26-21-17(13-23-26)12-19(15(3)24-21)22(29)25-18(9-10-20(27)28)11-16-7-5-4-6-8-16/h4-8,12-14,18H,9-11H2,1-3H3,(H,25,29)(H,27,28). The van der Waals surface area contributed by atoms with Gasteiger partial charge in [0.1, 0.15) is 0 Å². The number of pyridine rings is 1. The Kier molecular flexibility index (Phi) is 6.26. The Morgan fingerprint density at radius 1 is 1.21 bits per heavy atom. The van der Waals surface area contributed by atoms with Gasteiger partial charge in [-0.15, -0.1) is 0 Å². The van der Waals surface area contributed by atoms with Crippen LogP contribution in [0.3, 0.4) is 0 Å². The van der Waals surface area contributed by atoms with E-state index in [0.29, 0.717) is 24.1 Å². The maximum atomic E-state index is 13.0. The van der Waals surface area contributed by atoms with Crippen LogP contribution in [0.4, 0.5) is 0 Å². The second kappa shape index (κ2) is 8.86. The minimum absolute atomic E-state index is 0.00476. The van der Waals surface area contributed by atoms with Gasteiger partial charge >= 0.3 is 5.97 Å². The summed E-state index contributed by atoms with van der Waals surface area (Å²) in [6.07, 6.45) is 2.63. The van der Waals surface area contributed by atoms with Crippen molar-refractivity contribution in [1.82, 2.24) is 20.1 Å². The summed E-state index contributed by atoms with van der Waals surface area (Å²) in [5, 5.41) is 17.2. The van der Waals surface area contributed by atoms with Crippen molar-refractivity contribution >= 4 is 22.9 Å². The van der Waals surface area contributed by atoms with E-state index in [1.165, 1.54) is 0 Å². The second-order valence-electron chi connectivity index (χ2n) is 7.51. The van der Waals surface area contributed by atoms with Gasteiger partial charge in [-0.25, -0.2) is 9.67 Å². The molecule has 0 aliphatic rings. The highest BCUT2D eigenvalue weighted by Gasteiger charge is 2.19. The molecule has 2 aromatic heterocycles. The van der Waals surface area contributed by atoms with Crippen LogP contribution in [-0.2, 0) is 11.2 Å². The van der Waals surface area contributed by atoms with Crippen LogP contribution in [-0.4, -0.2) is 37.8 Å². The predicted molar refractivity (Wildman–Crippen MR) is 111 cm³/mol. The van der Waals surface area contributed by atoms with Gasteiger partial charge in [0.15, 0.2) is 5.65 Å². The summed E-state index contributed by atoms with van der Waals surface area (Å²) in [7, 11) is 0. The third-order valence-electron chi connectivity index (χ3n) is 4.86. The highest BCUT2D eigenvalue weighted by Crippen LogP contribution is 2.20. The lowest BCUT2D eigenvalue weighted by atomic mass is 10.0. The number of aliphatic carboxylic acids is 1. The molecule has 0 bridgehead atoms. The molecule has 0 radical (unpaired) electrons. The average Bonchev–Trinajstić information content (AvgIpc) is 3.09. The van der Waals surface area contributed by atoms with E-state index < -0.39 is 5.97 Å². The predicted octanol–water partition coefficient (Wildman–Crippen LogP) is 3.53. The molecule has 0 aliphatic heterocycles. The van der Waals surface area contributed by atoms with Crippen molar-refractivity contribution in [3.63, 3.8) is 0 Å². The van der Waals surface area contributed by atoms with E-state index in [9.17, 15) is 9.59 Å². The summed E-state index contributed by atoms with van der Waals surface area (Å²) in [5.41, 5.74) is 2.90. The van der Waals surface area contributed by atoms with Gasteiger partial charge in [-0.3, -0.25) is 9.59 Å². The van der Waals surface area contributed by atoms with Gasteiger partial charge in [-0.1, -0.05) is 30.3 Å². The molecule has 1 unspecified atom stereocenters. The fraction of sp³-hybridized carbons (Fsp3) is 0.364. The lowest BCUT2D eigenvalue weighted by Crippen LogP contribution is -2.37. The van der Waals surface area contributed by atoms with Crippen molar-refractivity contribution in [2.75, 3.05) is 0 Å². The van der Waals surface area contributed by atoms with Crippen LogP contribution in [0.2, 0.25) is 0 Å². The molecule has 0 saturated heterocycles. The quantitative estimate of drug-likeness (QED) is 0.609. The molecule has 0 aliphatic carbocycles. The minimum atomic E-state index is -0.877. The lowest BCUT2D eigenvalue weighted by Gasteiger charge is -2.19. The average molecular weight is 394 g/mol. The normalized spacial score (nSPS) is 12.3. The van der Waals surface area contributed by atoms with Crippen LogP contribution < -0.4 is 5.32 Å². The number of carboxylic acid groups (broad SMARTS) is 1. The number of carbonyl (C=O) groups is 2. The number of aryl methyl sites for hydroxylation is 1. The number of carboxylic acids is 1. The van der Waals surface area contributed by atoms with Gasteiger partial charge < -0.3 is 10.4 Å². The second-order valence-corrected chi connectivity index (χ2v) is 7.51. The Bertz CT molecular complexity index is 1010. The topological polar surface area (TPSA) is 97.1 Å². The summed E-state index contributed by atoms with van der Waals surface area (Å²) >= 11 is 0. The summed E-state index contributed by atoms with van der Waals surface area (Å²) < 4.78 is 1.83. The van der Waals surface area contributed by atoms with E-state index >= 15 is 0 Å². The van der Waals surface area contributed by atoms with E-state index in [1.54, 1.807) is 19.2 Å². The maximum Gasteiger partial charge on any atom is 0.303 e. The van der Waals surface area contributed by atoms with Crippen molar-refractivity contribution in [3.8, 4) is 0 Å². The van der Waals surface area contributed by atoms with Crippen molar-refractivity contribution in [3.05, 3.63) is 59.4 Å². The maximum absolute atomic E-state index is 13.0. The van der Waals surface area contributed by atoms with E-state index in [-0.39, 0.29) is 24.4 Å². The van der Waals surface area contributed by atoms with E-state index in [0.717, 1.165) is 16.6 Å². The molecule has 0 spiro atoms. The number of hydrogen-bond donors (Lipinski definition) is 2. The molecular weight excluding hydrogens is 368 g/mol. The van der Waals surface area contributed by atoms with Gasteiger partial charge in [0.2, 0.25) is 0 Å². The number of fused-ring (bicyclic) bond motifs is 1. The molecule has 152 valence electrons. The number of nitrogens with one attached hydrogen (secondary N) is 1. The smallest absolute Gasteiger partial charge is 0.303 e. The highest BCUT2D eigenvalue weighted by atomic mass is 16.4. The van der Waals surface area contributed by atoms with Crippen LogP contribution in [0.15, 0.2) is 42.6 Å². The van der Waals surface area contributed by atoms with Gasteiger partial charge in [-0.2, -0.15) is 5.10 Å². The summed E-state index contributed by atoms with van der Waals surface area (Å²) in [6.45, 7) is 5.86. The Hall–Kier alpha value is -3.22. The molecule has 1 atom stereocenters. The molecule has 1 amide bonds. The number of benzene rings is 1. The Morgan fingerprint density at radius 3 is 2.59 bits per heavy atom. The third-order valence-corrected chi connectivity index (χ3v) is 4.86. The number of hydrogen-bond acceptors (Lipinski definition) is 4. The molecule has 0 saturated carbocycles. The molecular formula is C22H26N4O3. The monoisotopic (exact) mass is 394 g/mol. The molecule has 29 heavy (non-hydrogen) atoms. The van der Waals surface area contributed by atoms with E-state index in [4.69, 9.17) is 5.11 Å². The van der Waals surface area contributed by atoms with Crippen molar-refractivity contribution < 1.29 is 14.7 Å². The van der Waals surface area contributed by atoms with Crippen LogP contribution in [0.25, 0.3) is 11.0 Å². The number of rotatable bonds is 8. The molecule has 3 rings (SSSR count). The number of carbonyl (C=O) groups excluding carboxylic acids is 1. The molecule has 2 heterocycles. The lowest BCUT2D eigenvalue weighted by molar-refractivity contribution is -0.137. The number of amides is 1. The number of nitrogens with zero attached hydrogens (tertiary/aromatic N) is 3. The zero-order valence-electron chi connectivity index (χ0n) is 16.9. The van der Waals surface area contributed by atoms with Gasteiger partial charge in [0.05, 0.1) is 17.5 Å². The molecule has 0 fully saturated rings. The first kappa shape index (κ1) is 20.5.